The smallest absolute Gasteiger partial charge is 0.235 e. The van der Waals surface area contributed by atoms with E-state index in [2.05, 4.69) is 98.9 Å². The van der Waals surface area contributed by atoms with Crippen LogP contribution in [0.5, 0.6) is 0 Å². The van der Waals surface area contributed by atoms with E-state index in [4.69, 9.17) is 0 Å². The number of amides is 1. The fourth-order valence-electron chi connectivity index (χ4n) is 4.89. The number of nitrogens with one attached hydrogen (secondary N) is 1. The minimum Gasteiger partial charge on any atom is -0.351 e. The van der Waals surface area contributed by atoms with Crippen molar-refractivity contribution in [1.29, 1.82) is 0 Å². The van der Waals surface area contributed by atoms with Crippen LogP contribution in [0.25, 0.3) is 0 Å². The van der Waals surface area contributed by atoms with Crippen LogP contribution in [0.4, 0.5) is 0 Å². The molecule has 1 aliphatic rings. The summed E-state index contributed by atoms with van der Waals surface area (Å²) in [7, 11) is 0. The lowest BCUT2D eigenvalue weighted by Gasteiger charge is -2.40. The van der Waals surface area contributed by atoms with Crippen molar-refractivity contribution in [2.24, 2.45) is 0 Å². The molecule has 0 radical (unpaired) electrons. The summed E-state index contributed by atoms with van der Waals surface area (Å²) in [6.45, 7) is 7.11. The van der Waals surface area contributed by atoms with E-state index >= 15 is 0 Å². The fourth-order valence-corrected chi connectivity index (χ4v) is 4.89. The summed E-state index contributed by atoms with van der Waals surface area (Å²) in [4.78, 5) is 13.9. The highest BCUT2D eigenvalue weighted by Crippen LogP contribution is 2.45. The Labute approximate surface area is 180 Å². The van der Waals surface area contributed by atoms with Crippen molar-refractivity contribution in [2.75, 3.05) is 0 Å². The number of hydrogen-bond donors (Lipinski definition) is 1. The summed E-state index contributed by atoms with van der Waals surface area (Å²) < 4.78 is 0. The molecule has 1 N–H and O–H groups in total. The van der Waals surface area contributed by atoms with Gasteiger partial charge in [-0.05, 0) is 52.1 Å². The number of hydrogen-bond acceptors (Lipinski definition) is 1. The van der Waals surface area contributed by atoms with E-state index in [0.717, 1.165) is 24.8 Å². The second-order valence-corrected chi connectivity index (χ2v) is 8.73. The van der Waals surface area contributed by atoms with Gasteiger partial charge >= 0.3 is 0 Å². The summed E-state index contributed by atoms with van der Waals surface area (Å²) in [5.74, 6) is 0.619. The van der Waals surface area contributed by atoms with Gasteiger partial charge in [0.05, 0.1) is 5.41 Å². The highest BCUT2D eigenvalue weighted by atomic mass is 16.2. The summed E-state index contributed by atoms with van der Waals surface area (Å²) in [6, 6.07) is 25.5. The van der Waals surface area contributed by atoms with Crippen molar-refractivity contribution in [2.45, 2.75) is 57.9 Å². The van der Waals surface area contributed by atoms with E-state index in [1.54, 1.807) is 0 Å². The first-order valence-corrected chi connectivity index (χ1v) is 11.1. The molecular weight excluding hydrogens is 366 g/mol. The molecule has 0 spiro atoms. The molecule has 0 bridgehead atoms. The predicted octanol–water partition coefficient (Wildman–Crippen LogP) is 6.12. The van der Waals surface area contributed by atoms with Crippen molar-refractivity contribution in [3.63, 3.8) is 0 Å². The number of benzene rings is 3. The summed E-state index contributed by atoms with van der Waals surface area (Å²) >= 11 is 0. The van der Waals surface area contributed by atoms with Gasteiger partial charge in [0, 0.05) is 6.54 Å². The minimum absolute atomic E-state index is 0.108. The lowest BCUT2D eigenvalue weighted by molar-refractivity contribution is -0.125. The zero-order chi connectivity index (χ0) is 21.1. The van der Waals surface area contributed by atoms with Crippen LogP contribution in [0.15, 0.2) is 72.8 Å². The third-order valence-corrected chi connectivity index (χ3v) is 6.45. The number of rotatable bonds is 6. The van der Waals surface area contributed by atoms with Crippen molar-refractivity contribution in [1.82, 2.24) is 5.32 Å². The molecule has 0 aliphatic heterocycles. The van der Waals surface area contributed by atoms with E-state index in [-0.39, 0.29) is 5.91 Å². The largest absolute Gasteiger partial charge is 0.351 e. The van der Waals surface area contributed by atoms with Gasteiger partial charge in [0.2, 0.25) is 5.91 Å². The molecule has 0 fully saturated rings. The van der Waals surface area contributed by atoms with E-state index in [1.165, 1.54) is 27.8 Å². The molecule has 0 saturated carbocycles. The van der Waals surface area contributed by atoms with E-state index in [9.17, 15) is 4.79 Å². The van der Waals surface area contributed by atoms with Gasteiger partial charge in [0.25, 0.3) is 0 Å². The molecule has 3 aromatic carbocycles. The third-order valence-electron chi connectivity index (χ3n) is 6.45. The average molecular weight is 398 g/mol. The monoisotopic (exact) mass is 397 g/mol. The zero-order valence-corrected chi connectivity index (χ0v) is 18.2. The molecule has 2 nitrogen and oxygen atoms in total. The molecule has 0 saturated heterocycles. The Balaban J connectivity index is 1.69. The summed E-state index contributed by atoms with van der Waals surface area (Å²) in [6.07, 6.45) is 2.64. The molecule has 154 valence electrons. The zero-order valence-electron chi connectivity index (χ0n) is 18.2. The normalized spacial score (nSPS) is 14.1. The second kappa shape index (κ2) is 8.47. The number of fused-ring (bicyclic) bond motifs is 2. The molecule has 1 amide bonds. The van der Waals surface area contributed by atoms with Gasteiger partial charge < -0.3 is 5.32 Å². The molecule has 3 aromatic rings. The molecule has 0 aromatic heterocycles. The molecule has 2 heteroatoms. The van der Waals surface area contributed by atoms with Crippen LogP contribution in [-0.2, 0) is 23.2 Å². The van der Waals surface area contributed by atoms with E-state index in [0.29, 0.717) is 12.5 Å². The predicted molar refractivity (Wildman–Crippen MR) is 124 cm³/mol. The molecule has 1 aliphatic carbocycles. The number of carbonyl (C=O) groups is 1. The van der Waals surface area contributed by atoms with Crippen LogP contribution in [0.1, 0.15) is 72.9 Å². The van der Waals surface area contributed by atoms with Crippen LogP contribution < -0.4 is 5.32 Å². The van der Waals surface area contributed by atoms with Gasteiger partial charge in [0.1, 0.15) is 0 Å². The Bertz CT molecular complexity index is 987. The Hall–Kier alpha value is -2.87. The lowest BCUT2D eigenvalue weighted by Crippen LogP contribution is -2.47. The van der Waals surface area contributed by atoms with Crippen LogP contribution in [0.2, 0.25) is 0 Å². The second-order valence-electron chi connectivity index (χ2n) is 8.73. The maximum atomic E-state index is 13.9. The van der Waals surface area contributed by atoms with Crippen LogP contribution in [0.3, 0.4) is 0 Å². The van der Waals surface area contributed by atoms with Gasteiger partial charge in [-0.3, -0.25) is 4.79 Å². The molecule has 0 heterocycles. The van der Waals surface area contributed by atoms with Gasteiger partial charge in [0.15, 0.2) is 0 Å². The maximum Gasteiger partial charge on any atom is 0.235 e. The lowest BCUT2D eigenvalue weighted by atomic mass is 9.63. The minimum atomic E-state index is -0.627. The Morgan fingerprint density at radius 2 is 1.47 bits per heavy atom. The molecule has 0 unspecified atom stereocenters. The summed E-state index contributed by atoms with van der Waals surface area (Å²) in [5, 5.41) is 3.29. The quantitative estimate of drug-likeness (QED) is 0.534. The SMILES string of the molecule is CCCC1(C(=O)NCc2ccc(C(C)C)cc2)c2ccccc2Cc2ccccc21. The first kappa shape index (κ1) is 20.4. The molecule has 4 rings (SSSR count). The van der Waals surface area contributed by atoms with Gasteiger partial charge in [-0.25, -0.2) is 0 Å². The van der Waals surface area contributed by atoms with Crippen molar-refractivity contribution in [3.05, 3.63) is 106 Å². The standard InChI is InChI=1S/C28H31NO/c1-4-17-28(27(30)29-19-21-13-15-22(16-14-21)20(2)3)25-11-7-5-9-23(25)18-24-10-6-8-12-26(24)28/h5-16,20H,4,17-19H2,1-3H3,(H,29,30). The Morgan fingerprint density at radius 3 is 2.00 bits per heavy atom. The topological polar surface area (TPSA) is 29.1 Å². The van der Waals surface area contributed by atoms with Crippen molar-refractivity contribution in [3.8, 4) is 0 Å². The van der Waals surface area contributed by atoms with E-state index < -0.39 is 5.41 Å². The highest BCUT2D eigenvalue weighted by Gasteiger charge is 2.45. The highest BCUT2D eigenvalue weighted by molar-refractivity contribution is 5.93. The van der Waals surface area contributed by atoms with Crippen molar-refractivity contribution < 1.29 is 4.79 Å². The molecule has 30 heavy (non-hydrogen) atoms. The Morgan fingerprint density at radius 1 is 0.900 bits per heavy atom. The van der Waals surface area contributed by atoms with Crippen LogP contribution in [0, 0.1) is 0 Å². The Kier molecular flexibility index (Phi) is 5.76. The van der Waals surface area contributed by atoms with Gasteiger partial charge in [-0.2, -0.15) is 0 Å². The number of carbonyl (C=O) groups excluding carboxylic acids is 1. The molecular formula is C28H31NO. The van der Waals surface area contributed by atoms with Gasteiger partial charge in [-0.15, -0.1) is 0 Å². The first-order chi connectivity index (χ1) is 14.6. The van der Waals surface area contributed by atoms with Crippen molar-refractivity contribution >= 4 is 5.91 Å². The fraction of sp³-hybridized carbons (Fsp3) is 0.321. The van der Waals surface area contributed by atoms with E-state index in [1.807, 2.05) is 0 Å². The van der Waals surface area contributed by atoms with Gasteiger partial charge in [-0.1, -0.05) is 100.0 Å². The van der Waals surface area contributed by atoms with Crippen LogP contribution >= 0.6 is 0 Å². The first-order valence-electron chi connectivity index (χ1n) is 11.1. The maximum absolute atomic E-state index is 13.9. The molecule has 0 atom stereocenters. The average Bonchev–Trinajstić information content (AvgIpc) is 2.77. The third kappa shape index (κ3) is 3.56. The summed E-state index contributed by atoms with van der Waals surface area (Å²) in [5.41, 5.74) is 6.69. The van der Waals surface area contributed by atoms with Crippen LogP contribution in [-0.4, -0.2) is 5.91 Å².